The molecule has 1 aliphatic rings. The lowest BCUT2D eigenvalue weighted by molar-refractivity contribution is 0.0957. The summed E-state index contributed by atoms with van der Waals surface area (Å²) in [5, 5.41) is 12.0. The molecule has 1 heterocycles. The van der Waals surface area contributed by atoms with E-state index in [1.807, 2.05) is 60.7 Å². The van der Waals surface area contributed by atoms with Crippen LogP contribution in [0.1, 0.15) is 38.3 Å². The number of benzene rings is 4. The van der Waals surface area contributed by atoms with E-state index >= 15 is 0 Å². The largest absolute Gasteiger partial charge is 0.389 e. The fraction of sp³-hybridized carbons (Fsp3) is 0.182. The quantitative estimate of drug-likeness (QED) is 0.266. The van der Waals surface area contributed by atoms with E-state index < -0.39 is 58.8 Å². The van der Waals surface area contributed by atoms with E-state index in [1.54, 1.807) is 0 Å². The lowest BCUT2D eigenvalue weighted by Crippen LogP contribution is -2.67. The molecule has 5 rings (SSSR count). The van der Waals surface area contributed by atoms with Crippen LogP contribution in [0.2, 0.25) is 0 Å². The summed E-state index contributed by atoms with van der Waals surface area (Å²) in [5.41, 5.74) is 12.0. The lowest BCUT2D eigenvalue weighted by Gasteiger charge is -2.49. The van der Waals surface area contributed by atoms with Gasteiger partial charge in [0.1, 0.15) is 11.6 Å². The second-order valence-corrected chi connectivity index (χ2v) is 10.4. The Labute approximate surface area is 247 Å². The van der Waals surface area contributed by atoms with Crippen molar-refractivity contribution < 1.29 is 28.3 Å². The van der Waals surface area contributed by atoms with Crippen molar-refractivity contribution >= 4 is 29.2 Å². The number of nitrogens with two attached hydrogens (primary N) is 2. The molecular weight excluding hydrogens is 554 g/mol. The van der Waals surface area contributed by atoms with Crippen LogP contribution in [-0.2, 0) is 12.8 Å². The van der Waals surface area contributed by atoms with Crippen LogP contribution in [0.4, 0.5) is 25.0 Å². The standard InChI is InChI=1S/C33H30F2N4O4/c34-26-14-12-22(18-24(26)31(36)41)38-28(16-11-20-7-3-1-4-8-20)30(40)29(17-21-9-5-2-6-10-21)39(33(38)43)23-13-15-27(35)25(19-23)32(37)42/h1-10,12-15,18-19,28-30,40H,11,16-17H2,(H2,36,41)(H2,37,42)/t28-,29-,30-/m1/s1. The molecule has 0 saturated carbocycles. The number of carbonyl (C=O) groups is 3. The highest BCUT2D eigenvalue weighted by Crippen LogP contribution is 2.36. The number of hydrogen-bond acceptors (Lipinski definition) is 4. The summed E-state index contributed by atoms with van der Waals surface area (Å²) in [7, 11) is 0. The summed E-state index contributed by atoms with van der Waals surface area (Å²) in [6, 6.07) is 23.5. The van der Waals surface area contributed by atoms with E-state index in [0.717, 1.165) is 23.3 Å². The molecule has 0 bridgehead atoms. The van der Waals surface area contributed by atoms with Gasteiger partial charge >= 0.3 is 6.03 Å². The third-order valence-electron chi connectivity index (χ3n) is 7.71. The fourth-order valence-corrected chi connectivity index (χ4v) is 5.60. The van der Waals surface area contributed by atoms with E-state index in [2.05, 4.69) is 0 Å². The van der Waals surface area contributed by atoms with E-state index in [0.29, 0.717) is 12.8 Å². The van der Waals surface area contributed by atoms with Crippen molar-refractivity contribution in [3.8, 4) is 0 Å². The topological polar surface area (TPSA) is 130 Å². The zero-order valence-electron chi connectivity index (χ0n) is 23.1. The van der Waals surface area contributed by atoms with Gasteiger partial charge < -0.3 is 16.6 Å². The zero-order valence-corrected chi connectivity index (χ0v) is 23.1. The van der Waals surface area contributed by atoms with Crippen molar-refractivity contribution in [2.24, 2.45) is 11.5 Å². The van der Waals surface area contributed by atoms with Crippen LogP contribution >= 0.6 is 0 Å². The summed E-state index contributed by atoms with van der Waals surface area (Å²) in [6.45, 7) is 0. The molecule has 0 spiro atoms. The van der Waals surface area contributed by atoms with Gasteiger partial charge in [-0.1, -0.05) is 60.7 Å². The molecule has 4 amide bonds. The highest BCUT2D eigenvalue weighted by atomic mass is 19.1. The first-order chi connectivity index (χ1) is 20.7. The number of aliphatic hydroxyl groups is 1. The Morgan fingerprint density at radius 3 is 1.65 bits per heavy atom. The maximum absolute atomic E-state index is 14.5. The number of nitrogens with zero attached hydrogens (tertiary/aromatic N) is 2. The minimum Gasteiger partial charge on any atom is -0.389 e. The Balaban J connectivity index is 1.66. The molecule has 0 aliphatic carbocycles. The number of urea groups is 1. The Bertz CT molecular complexity index is 1650. The first kappa shape index (κ1) is 29.4. The van der Waals surface area contributed by atoms with E-state index in [1.165, 1.54) is 34.1 Å². The monoisotopic (exact) mass is 584 g/mol. The van der Waals surface area contributed by atoms with Crippen molar-refractivity contribution in [3.63, 3.8) is 0 Å². The van der Waals surface area contributed by atoms with E-state index in [9.17, 15) is 28.3 Å². The average Bonchev–Trinajstić information content (AvgIpc) is 3.00. The molecule has 1 fully saturated rings. The number of hydrogen-bond donors (Lipinski definition) is 3. The Morgan fingerprint density at radius 1 is 0.698 bits per heavy atom. The minimum atomic E-state index is -1.19. The summed E-state index contributed by atoms with van der Waals surface area (Å²) in [6.07, 6.45) is -0.153. The number of aliphatic hydroxyl groups excluding tert-OH is 1. The molecule has 4 aromatic rings. The number of primary amides is 2. The normalized spacial score (nSPS) is 18.5. The van der Waals surface area contributed by atoms with Gasteiger partial charge in [-0.05, 0) is 66.8 Å². The predicted molar refractivity (Wildman–Crippen MR) is 159 cm³/mol. The Hall–Kier alpha value is -5.09. The number of amides is 4. The minimum absolute atomic E-state index is 0.129. The van der Waals surface area contributed by atoms with Gasteiger partial charge in [0.15, 0.2) is 0 Å². The predicted octanol–water partition coefficient (Wildman–Crippen LogP) is 4.58. The summed E-state index contributed by atoms with van der Waals surface area (Å²) < 4.78 is 29.0. The van der Waals surface area contributed by atoms with Crippen LogP contribution in [0.3, 0.4) is 0 Å². The summed E-state index contributed by atoms with van der Waals surface area (Å²) in [4.78, 5) is 41.1. The van der Waals surface area contributed by atoms with Crippen molar-refractivity contribution in [2.45, 2.75) is 37.5 Å². The molecule has 0 aromatic heterocycles. The van der Waals surface area contributed by atoms with E-state index in [4.69, 9.17) is 11.5 Å². The molecule has 1 saturated heterocycles. The van der Waals surface area contributed by atoms with Crippen LogP contribution in [0.25, 0.3) is 0 Å². The van der Waals surface area contributed by atoms with Crippen LogP contribution in [-0.4, -0.2) is 41.1 Å². The highest BCUT2D eigenvalue weighted by molar-refractivity contribution is 6.07. The molecule has 5 N–H and O–H groups in total. The summed E-state index contributed by atoms with van der Waals surface area (Å²) in [5.74, 6) is -3.76. The third-order valence-corrected chi connectivity index (χ3v) is 7.71. The average molecular weight is 585 g/mol. The highest BCUT2D eigenvalue weighted by Gasteiger charge is 2.47. The van der Waals surface area contributed by atoms with Crippen molar-refractivity contribution in [1.29, 1.82) is 0 Å². The first-order valence-corrected chi connectivity index (χ1v) is 13.7. The SMILES string of the molecule is NC(=O)c1cc(N2C(=O)N(c3ccc(F)c(C(N)=O)c3)[C@H](Cc3ccccc3)[C@H](O)[C@H]2CCc2ccccc2)ccc1F. The van der Waals surface area contributed by atoms with Gasteiger partial charge in [-0.15, -0.1) is 0 Å². The molecule has 4 aromatic carbocycles. The van der Waals surface area contributed by atoms with Gasteiger partial charge in [0.25, 0.3) is 11.8 Å². The molecular formula is C33H30F2N4O4. The molecule has 8 nitrogen and oxygen atoms in total. The number of halogens is 2. The number of anilines is 2. The van der Waals surface area contributed by atoms with Crippen LogP contribution in [0, 0.1) is 11.6 Å². The maximum atomic E-state index is 14.5. The molecule has 3 atom stereocenters. The van der Waals surface area contributed by atoms with Gasteiger partial charge in [-0.25, -0.2) is 13.6 Å². The first-order valence-electron chi connectivity index (χ1n) is 13.7. The van der Waals surface area contributed by atoms with Crippen LogP contribution in [0.15, 0.2) is 97.1 Å². The van der Waals surface area contributed by atoms with E-state index in [-0.39, 0.29) is 17.8 Å². The molecule has 220 valence electrons. The molecule has 0 radical (unpaired) electrons. The molecule has 1 aliphatic heterocycles. The molecule has 0 unspecified atom stereocenters. The van der Waals surface area contributed by atoms with Crippen LogP contribution < -0.4 is 21.3 Å². The third kappa shape index (κ3) is 6.09. The van der Waals surface area contributed by atoms with Crippen LogP contribution in [0.5, 0.6) is 0 Å². The van der Waals surface area contributed by atoms with Crippen molar-refractivity contribution in [1.82, 2.24) is 0 Å². The maximum Gasteiger partial charge on any atom is 0.329 e. The van der Waals surface area contributed by atoms with Crippen molar-refractivity contribution in [3.05, 3.63) is 131 Å². The number of aryl methyl sites for hydroxylation is 1. The number of carbonyl (C=O) groups excluding carboxylic acids is 3. The molecule has 43 heavy (non-hydrogen) atoms. The van der Waals surface area contributed by atoms with Gasteiger partial charge in [0.2, 0.25) is 0 Å². The Kier molecular flexibility index (Phi) is 8.49. The van der Waals surface area contributed by atoms with Gasteiger partial charge in [-0.2, -0.15) is 0 Å². The number of rotatable bonds is 9. The molecule has 10 heteroatoms. The Morgan fingerprint density at radius 2 is 1.16 bits per heavy atom. The summed E-state index contributed by atoms with van der Waals surface area (Å²) >= 11 is 0. The second kappa shape index (κ2) is 12.4. The zero-order chi connectivity index (χ0) is 30.7. The second-order valence-electron chi connectivity index (χ2n) is 10.4. The van der Waals surface area contributed by atoms with Gasteiger partial charge in [-0.3, -0.25) is 19.4 Å². The fourth-order valence-electron chi connectivity index (χ4n) is 5.60. The lowest BCUT2D eigenvalue weighted by atomic mass is 9.87. The van der Waals surface area contributed by atoms with Crippen molar-refractivity contribution in [2.75, 3.05) is 9.80 Å². The van der Waals surface area contributed by atoms with Gasteiger partial charge in [0.05, 0.1) is 29.3 Å². The smallest absolute Gasteiger partial charge is 0.329 e. The van der Waals surface area contributed by atoms with Gasteiger partial charge in [0, 0.05) is 11.4 Å².